The van der Waals surface area contributed by atoms with E-state index < -0.39 is 0 Å². The van der Waals surface area contributed by atoms with Crippen molar-refractivity contribution in [3.63, 3.8) is 0 Å². The Morgan fingerprint density at radius 1 is 1.06 bits per heavy atom. The van der Waals surface area contributed by atoms with Gasteiger partial charge in [-0.1, -0.05) is 39.0 Å². The summed E-state index contributed by atoms with van der Waals surface area (Å²) in [6.07, 6.45) is 12.8. The van der Waals surface area contributed by atoms with Crippen LogP contribution in [0.25, 0.3) is 0 Å². The maximum absolute atomic E-state index is 6.21. The third-order valence-corrected chi connectivity index (χ3v) is 5.05. The predicted octanol–water partition coefficient (Wildman–Crippen LogP) is 3.75. The van der Waals surface area contributed by atoms with Crippen LogP contribution in [0.15, 0.2) is 0 Å². The highest BCUT2D eigenvalue weighted by molar-refractivity contribution is 4.85. The molecule has 2 rings (SSSR count). The molecule has 3 atom stereocenters. The molecule has 0 heterocycles. The van der Waals surface area contributed by atoms with E-state index in [9.17, 15) is 0 Å². The van der Waals surface area contributed by atoms with E-state index in [1.807, 2.05) is 0 Å². The van der Waals surface area contributed by atoms with Gasteiger partial charge in [0.15, 0.2) is 0 Å². The molecule has 2 aliphatic carbocycles. The molecule has 0 aromatic heterocycles. The Balaban J connectivity index is 1.70. The quantitative estimate of drug-likeness (QED) is 0.746. The molecule has 2 fully saturated rings. The van der Waals surface area contributed by atoms with E-state index in [0.29, 0.717) is 12.1 Å². The third-order valence-electron chi connectivity index (χ3n) is 5.05. The molecule has 0 amide bonds. The molecule has 2 nitrogen and oxygen atoms in total. The maximum Gasteiger partial charge on any atom is 0.0730 e. The van der Waals surface area contributed by atoms with Crippen molar-refractivity contribution in [1.29, 1.82) is 0 Å². The van der Waals surface area contributed by atoms with Gasteiger partial charge in [-0.15, -0.1) is 0 Å². The van der Waals surface area contributed by atoms with Gasteiger partial charge in [0, 0.05) is 12.6 Å². The highest BCUT2D eigenvalue weighted by atomic mass is 16.5. The molecule has 0 saturated heterocycles. The van der Waals surface area contributed by atoms with Crippen molar-refractivity contribution in [3.8, 4) is 0 Å². The summed E-state index contributed by atoms with van der Waals surface area (Å²) < 4.78 is 6.21. The molecular formula is C16H31NO. The fraction of sp³-hybridized carbons (Fsp3) is 1.00. The lowest BCUT2D eigenvalue weighted by molar-refractivity contribution is -0.0177. The van der Waals surface area contributed by atoms with E-state index in [4.69, 9.17) is 4.74 Å². The van der Waals surface area contributed by atoms with Gasteiger partial charge in [0.25, 0.3) is 0 Å². The molecule has 1 N–H and O–H groups in total. The second-order valence-corrected chi connectivity index (χ2v) is 6.36. The highest BCUT2D eigenvalue weighted by Gasteiger charge is 2.30. The van der Waals surface area contributed by atoms with Gasteiger partial charge in [-0.3, -0.25) is 0 Å². The summed E-state index contributed by atoms with van der Waals surface area (Å²) in [5.74, 6) is 1.89. The van der Waals surface area contributed by atoms with E-state index in [-0.39, 0.29) is 0 Å². The zero-order valence-corrected chi connectivity index (χ0v) is 12.3. The number of ether oxygens (including phenoxy) is 1. The van der Waals surface area contributed by atoms with Crippen LogP contribution in [0, 0.1) is 11.8 Å². The molecule has 2 saturated carbocycles. The molecule has 18 heavy (non-hydrogen) atoms. The summed E-state index contributed by atoms with van der Waals surface area (Å²) >= 11 is 0. The monoisotopic (exact) mass is 253 g/mol. The molecule has 0 aromatic rings. The first-order chi connectivity index (χ1) is 8.83. The van der Waals surface area contributed by atoms with Crippen molar-refractivity contribution < 1.29 is 4.74 Å². The summed E-state index contributed by atoms with van der Waals surface area (Å²) in [6.45, 7) is 3.29. The van der Waals surface area contributed by atoms with Crippen molar-refractivity contribution in [1.82, 2.24) is 5.32 Å². The molecule has 0 bridgehead atoms. The topological polar surface area (TPSA) is 21.3 Å². The van der Waals surface area contributed by atoms with Crippen LogP contribution in [0.2, 0.25) is 0 Å². The van der Waals surface area contributed by atoms with Crippen LogP contribution < -0.4 is 5.32 Å². The smallest absolute Gasteiger partial charge is 0.0730 e. The zero-order valence-electron chi connectivity index (χ0n) is 12.3. The van der Waals surface area contributed by atoms with E-state index in [0.717, 1.165) is 18.4 Å². The van der Waals surface area contributed by atoms with Crippen molar-refractivity contribution in [2.24, 2.45) is 11.8 Å². The summed E-state index contributed by atoms with van der Waals surface area (Å²) in [5, 5.41) is 3.46. The first-order valence-corrected chi connectivity index (χ1v) is 8.12. The van der Waals surface area contributed by atoms with Crippen LogP contribution in [0.5, 0.6) is 0 Å². The minimum Gasteiger partial charge on any atom is -0.377 e. The average Bonchev–Trinajstić information content (AvgIpc) is 2.33. The normalized spacial score (nSPS) is 33.3. The molecule has 106 valence electrons. The highest BCUT2D eigenvalue weighted by Crippen LogP contribution is 2.32. The second-order valence-electron chi connectivity index (χ2n) is 6.36. The van der Waals surface area contributed by atoms with Crippen LogP contribution in [-0.4, -0.2) is 25.8 Å². The largest absolute Gasteiger partial charge is 0.377 e. The van der Waals surface area contributed by atoms with Crippen molar-refractivity contribution in [2.75, 3.05) is 13.7 Å². The van der Waals surface area contributed by atoms with Gasteiger partial charge in [-0.2, -0.15) is 0 Å². The Hall–Kier alpha value is -0.0800. The average molecular weight is 253 g/mol. The molecule has 2 aliphatic rings. The summed E-state index contributed by atoms with van der Waals surface area (Å²) in [5.41, 5.74) is 0. The molecule has 0 radical (unpaired) electrons. The van der Waals surface area contributed by atoms with E-state index in [1.165, 1.54) is 57.8 Å². The molecule has 0 aromatic carbocycles. The van der Waals surface area contributed by atoms with Gasteiger partial charge in [0.05, 0.1) is 6.10 Å². The maximum atomic E-state index is 6.21. The van der Waals surface area contributed by atoms with Crippen LogP contribution in [0.4, 0.5) is 0 Å². The second kappa shape index (κ2) is 7.49. The SMILES string of the molecule is CCCC1CCC(NC)C(OCCC2CCC2)C1. The Labute approximate surface area is 113 Å². The van der Waals surface area contributed by atoms with Crippen LogP contribution in [-0.2, 0) is 4.74 Å². The first-order valence-electron chi connectivity index (χ1n) is 8.12. The minimum absolute atomic E-state index is 0.473. The van der Waals surface area contributed by atoms with Crippen LogP contribution >= 0.6 is 0 Å². The molecule has 0 aliphatic heterocycles. The zero-order chi connectivity index (χ0) is 12.8. The molecule has 2 heteroatoms. The lowest BCUT2D eigenvalue weighted by Gasteiger charge is -2.36. The first kappa shape index (κ1) is 14.3. The van der Waals surface area contributed by atoms with E-state index in [2.05, 4.69) is 19.3 Å². The summed E-state index contributed by atoms with van der Waals surface area (Å²) in [4.78, 5) is 0. The summed E-state index contributed by atoms with van der Waals surface area (Å²) in [7, 11) is 2.09. The van der Waals surface area contributed by atoms with Gasteiger partial charge in [-0.05, 0) is 44.6 Å². The van der Waals surface area contributed by atoms with Crippen molar-refractivity contribution >= 4 is 0 Å². The fourth-order valence-corrected chi connectivity index (χ4v) is 3.56. The van der Waals surface area contributed by atoms with Gasteiger partial charge >= 0.3 is 0 Å². The minimum atomic E-state index is 0.473. The predicted molar refractivity (Wildman–Crippen MR) is 76.8 cm³/mol. The van der Waals surface area contributed by atoms with Crippen LogP contribution in [0.1, 0.15) is 64.7 Å². The Kier molecular flexibility index (Phi) is 5.97. The van der Waals surface area contributed by atoms with Gasteiger partial charge in [0.2, 0.25) is 0 Å². The standard InChI is InChI=1S/C16H31NO/c1-3-5-14-8-9-15(17-2)16(12-14)18-11-10-13-6-4-7-13/h13-17H,3-12H2,1-2H3. The molecule has 3 unspecified atom stereocenters. The number of hydrogen-bond acceptors (Lipinski definition) is 2. The van der Waals surface area contributed by atoms with Crippen molar-refractivity contribution in [3.05, 3.63) is 0 Å². The number of hydrogen-bond donors (Lipinski definition) is 1. The lowest BCUT2D eigenvalue weighted by atomic mass is 9.81. The van der Waals surface area contributed by atoms with Crippen molar-refractivity contribution in [2.45, 2.75) is 76.9 Å². The Morgan fingerprint density at radius 2 is 1.89 bits per heavy atom. The van der Waals surface area contributed by atoms with E-state index >= 15 is 0 Å². The Bertz CT molecular complexity index is 227. The summed E-state index contributed by atoms with van der Waals surface area (Å²) in [6, 6.07) is 0.597. The van der Waals surface area contributed by atoms with E-state index in [1.54, 1.807) is 0 Å². The third kappa shape index (κ3) is 3.96. The molecule has 0 spiro atoms. The van der Waals surface area contributed by atoms with Gasteiger partial charge < -0.3 is 10.1 Å². The van der Waals surface area contributed by atoms with Gasteiger partial charge in [0.1, 0.15) is 0 Å². The number of nitrogens with one attached hydrogen (secondary N) is 1. The Morgan fingerprint density at radius 3 is 2.50 bits per heavy atom. The number of likely N-dealkylation sites (N-methyl/N-ethyl adjacent to an activating group) is 1. The molecular weight excluding hydrogens is 222 g/mol. The van der Waals surface area contributed by atoms with Gasteiger partial charge in [-0.25, -0.2) is 0 Å². The lowest BCUT2D eigenvalue weighted by Crippen LogP contribution is -2.44. The fourth-order valence-electron chi connectivity index (χ4n) is 3.56. The van der Waals surface area contributed by atoms with Crippen LogP contribution in [0.3, 0.4) is 0 Å². The number of rotatable bonds is 7.